The average molecular weight is 550 g/mol. The molecule has 212 valence electrons. The minimum atomic E-state index is -0.352. The molecule has 0 spiro atoms. The van der Waals surface area contributed by atoms with Gasteiger partial charge >= 0.3 is 0 Å². The molecule has 3 aliphatic rings. The molecule has 2 aliphatic carbocycles. The SMILES string of the molecule is CN(C)c1ccccc1C1(c2ccncc2)C=Cc2[nH]c3ncnc(N[C@H]4CC[C@H](N5CCOCC5)CC4)c3c2C1. The molecule has 8 nitrogen and oxygen atoms in total. The van der Waals surface area contributed by atoms with Gasteiger partial charge in [0, 0.05) is 68.5 Å². The highest BCUT2D eigenvalue weighted by atomic mass is 16.5. The molecule has 1 unspecified atom stereocenters. The zero-order valence-corrected chi connectivity index (χ0v) is 24.0. The Labute approximate surface area is 241 Å². The number of hydrogen-bond acceptors (Lipinski definition) is 7. The van der Waals surface area contributed by atoms with Crippen molar-refractivity contribution in [3.8, 4) is 0 Å². The zero-order chi connectivity index (χ0) is 27.8. The van der Waals surface area contributed by atoms with Crippen LogP contribution in [0.5, 0.6) is 0 Å². The first-order valence-corrected chi connectivity index (χ1v) is 14.9. The van der Waals surface area contributed by atoms with Crippen molar-refractivity contribution in [3.05, 3.63) is 83.6 Å². The molecule has 7 rings (SSSR count). The molecular formula is C33H39N7O. The average Bonchev–Trinajstić information content (AvgIpc) is 3.41. The summed E-state index contributed by atoms with van der Waals surface area (Å²) in [6.07, 6.45) is 15.6. The molecule has 0 radical (unpaired) electrons. The number of allylic oxidation sites excluding steroid dienone is 1. The third-order valence-electron chi connectivity index (χ3n) is 9.38. The molecule has 41 heavy (non-hydrogen) atoms. The number of rotatable bonds is 6. The summed E-state index contributed by atoms with van der Waals surface area (Å²) in [6.45, 7) is 3.86. The van der Waals surface area contributed by atoms with Gasteiger partial charge in [0.05, 0.1) is 18.6 Å². The molecule has 1 saturated heterocycles. The van der Waals surface area contributed by atoms with Crippen LogP contribution in [0.2, 0.25) is 0 Å². The Morgan fingerprint density at radius 3 is 2.56 bits per heavy atom. The summed E-state index contributed by atoms with van der Waals surface area (Å²) in [7, 11) is 4.23. The van der Waals surface area contributed by atoms with Gasteiger partial charge in [-0.3, -0.25) is 9.88 Å². The second-order valence-electron chi connectivity index (χ2n) is 11.9. The Kier molecular flexibility index (Phi) is 6.96. The van der Waals surface area contributed by atoms with Crippen LogP contribution in [0.15, 0.2) is 61.2 Å². The van der Waals surface area contributed by atoms with Crippen LogP contribution in [0.1, 0.15) is 48.1 Å². The quantitative estimate of drug-likeness (QED) is 0.349. The summed E-state index contributed by atoms with van der Waals surface area (Å²) in [4.78, 5) is 22.3. The number of H-pyrrole nitrogens is 1. The monoisotopic (exact) mass is 549 g/mol. The topological polar surface area (TPSA) is 82.2 Å². The van der Waals surface area contributed by atoms with Crippen LogP contribution < -0.4 is 10.2 Å². The molecule has 4 heterocycles. The molecule has 2 N–H and O–H groups in total. The van der Waals surface area contributed by atoms with E-state index in [0.29, 0.717) is 12.1 Å². The fraction of sp³-hybridized carbons (Fsp3) is 0.424. The highest BCUT2D eigenvalue weighted by molar-refractivity contribution is 5.94. The van der Waals surface area contributed by atoms with E-state index in [9.17, 15) is 0 Å². The Balaban J connectivity index is 1.23. The number of nitrogens with one attached hydrogen (secondary N) is 2. The fourth-order valence-corrected chi connectivity index (χ4v) is 7.25. The minimum absolute atomic E-state index is 0.352. The molecule has 0 bridgehead atoms. The van der Waals surface area contributed by atoms with Crippen LogP contribution >= 0.6 is 0 Å². The Bertz CT molecular complexity index is 1530. The first-order chi connectivity index (χ1) is 20.1. The number of benzene rings is 1. The molecular weight excluding hydrogens is 510 g/mol. The second-order valence-corrected chi connectivity index (χ2v) is 11.9. The summed E-state index contributed by atoms with van der Waals surface area (Å²) in [5, 5.41) is 4.98. The lowest BCUT2D eigenvalue weighted by atomic mass is 9.67. The second kappa shape index (κ2) is 10.9. The molecule has 2 fully saturated rings. The van der Waals surface area contributed by atoms with Crippen LogP contribution in [0.4, 0.5) is 11.5 Å². The maximum Gasteiger partial charge on any atom is 0.143 e. The van der Waals surface area contributed by atoms with Crippen molar-refractivity contribution >= 4 is 28.6 Å². The van der Waals surface area contributed by atoms with Crippen LogP contribution in [0.25, 0.3) is 17.1 Å². The Morgan fingerprint density at radius 2 is 1.78 bits per heavy atom. The molecule has 4 aromatic rings. The van der Waals surface area contributed by atoms with E-state index < -0.39 is 0 Å². The van der Waals surface area contributed by atoms with Crippen LogP contribution in [-0.4, -0.2) is 77.3 Å². The van der Waals surface area contributed by atoms with Crippen molar-refractivity contribution in [2.75, 3.05) is 50.6 Å². The summed E-state index contributed by atoms with van der Waals surface area (Å²) < 4.78 is 5.58. The number of morpholine rings is 1. The molecule has 1 aliphatic heterocycles. The van der Waals surface area contributed by atoms with Crippen molar-refractivity contribution in [1.29, 1.82) is 0 Å². The van der Waals surface area contributed by atoms with E-state index in [2.05, 4.69) is 92.7 Å². The Morgan fingerprint density at radius 1 is 1.00 bits per heavy atom. The fourth-order valence-electron chi connectivity index (χ4n) is 7.25. The van der Waals surface area contributed by atoms with Gasteiger partial charge in [0.2, 0.25) is 0 Å². The number of hydrogen-bond donors (Lipinski definition) is 2. The lowest BCUT2D eigenvalue weighted by Gasteiger charge is -2.39. The van der Waals surface area contributed by atoms with E-state index >= 15 is 0 Å². The van der Waals surface area contributed by atoms with Gasteiger partial charge in [0.25, 0.3) is 0 Å². The van der Waals surface area contributed by atoms with Crippen molar-refractivity contribution < 1.29 is 4.74 Å². The van der Waals surface area contributed by atoms with Gasteiger partial charge in [-0.2, -0.15) is 0 Å². The van der Waals surface area contributed by atoms with Gasteiger partial charge < -0.3 is 19.9 Å². The molecule has 8 heteroatoms. The van der Waals surface area contributed by atoms with Gasteiger partial charge in [0.15, 0.2) is 0 Å². The van der Waals surface area contributed by atoms with Crippen LogP contribution in [0, 0.1) is 0 Å². The molecule has 1 atom stereocenters. The highest BCUT2D eigenvalue weighted by Gasteiger charge is 2.39. The van der Waals surface area contributed by atoms with Crippen molar-refractivity contribution in [2.45, 2.75) is 49.6 Å². The number of nitrogens with zero attached hydrogens (tertiary/aromatic N) is 5. The molecule has 0 amide bonds. The first kappa shape index (κ1) is 26.2. The zero-order valence-electron chi connectivity index (χ0n) is 24.0. The van der Waals surface area contributed by atoms with E-state index in [1.807, 2.05) is 12.4 Å². The third kappa shape index (κ3) is 4.79. The highest BCUT2D eigenvalue weighted by Crippen LogP contribution is 2.47. The molecule has 3 aromatic heterocycles. The molecule has 1 aromatic carbocycles. The smallest absolute Gasteiger partial charge is 0.143 e. The van der Waals surface area contributed by atoms with Crippen molar-refractivity contribution in [3.63, 3.8) is 0 Å². The number of aromatic nitrogens is 4. The summed E-state index contributed by atoms with van der Waals surface area (Å²) in [6, 6.07) is 14.1. The summed E-state index contributed by atoms with van der Waals surface area (Å²) in [5.74, 6) is 0.946. The summed E-state index contributed by atoms with van der Waals surface area (Å²) in [5.41, 5.74) is 6.64. The van der Waals surface area contributed by atoms with Gasteiger partial charge in [-0.25, -0.2) is 9.97 Å². The van der Waals surface area contributed by atoms with Gasteiger partial charge in [-0.15, -0.1) is 0 Å². The number of anilines is 2. The lowest BCUT2D eigenvalue weighted by Crippen LogP contribution is -2.46. The third-order valence-corrected chi connectivity index (χ3v) is 9.38. The van der Waals surface area contributed by atoms with Gasteiger partial charge in [-0.05, 0) is 73.1 Å². The van der Waals surface area contributed by atoms with Crippen molar-refractivity contribution in [1.82, 2.24) is 24.8 Å². The van der Waals surface area contributed by atoms with Gasteiger partial charge in [0.1, 0.15) is 17.8 Å². The predicted octanol–water partition coefficient (Wildman–Crippen LogP) is 5.03. The predicted molar refractivity (Wildman–Crippen MR) is 164 cm³/mol. The largest absolute Gasteiger partial charge is 0.379 e. The van der Waals surface area contributed by atoms with E-state index in [1.54, 1.807) is 6.33 Å². The number of pyridine rings is 1. The Hall–Kier alpha value is -3.75. The maximum atomic E-state index is 5.58. The maximum absolute atomic E-state index is 5.58. The van der Waals surface area contributed by atoms with Crippen molar-refractivity contribution in [2.24, 2.45) is 0 Å². The van der Waals surface area contributed by atoms with Gasteiger partial charge in [-0.1, -0.05) is 24.3 Å². The number of aromatic amines is 1. The van der Waals surface area contributed by atoms with E-state index in [4.69, 9.17) is 9.72 Å². The van der Waals surface area contributed by atoms with E-state index in [0.717, 1.165) is 68.1 Å². The number of para-hydroxylation sites is 1. The normalized spacial score (nSPS) is 24.7. The van der Waals surface area contributed by atoms with E-state index in [-0.39, 0.29) is 5.41 Å². The number of fused-ring (bicyclic) bond motifs is 3. The standard InChI is InChI=1S/C33H39N7O/c1-39(2)29-6-4-3-5-27(29)33(23-12-15-34-16-13-23)14-11-28-26(21-33)30-31(35-22-36-32(30)38-28)37-24-7-9-25(10-8-24)40-17-19-41-20-18-40/h3-6,11-16,22,24-25H,7-10,17-21H2,1-2H3,(H2,35,36,37,38)/t24-,25-,33?. The van der Waals surface area contributed by atoms with Crippen LogP contribution in [0.3, 0.4) is 0 Å². The minimum Gasteiger partial charge on any atom is -0.379 e. The lowest BCUT2D eigenvalue weighted by molar-refractivity contribution is 0.00791. The number of ether oxygens (including phenoxy) is 1. The van der Waals surface area contributed by atoms with Crippen LogP contribution in [-0.2, 0) is 16.6 Å². The molecule has 1 saturated carbocycles. The van der Waals surface area contributed by atoms with E-state index in [1.165, 1.54) is 35.2 Å². The first-order valence-electron chi connectivity index (χ1n) is 14.9. The summed E-state index contributed by atoms with van der Waals surface area (Å²) >= 11 is 0.